The number of hydrogen-bond donors (Lipinski definition) is 1. The zero-order valence-electron chi connectivity index (χ0n) is 27.2. The lowest BCUT2D eigenvalue weighted by Crippen LogP contribution is -2.36. The van der Waals surface area contributed by atoms with Crippen LogP contribution in [-0.4, -0.2) is 88.3 Å². The summed E-state index contributed by atoms with van der Waals surface area (Å²) in [7, 11) is 4.86. The summed E-state index contributed by atoms with van der Waals surface area (Å²) in [6.45, 7) is 4.34. The molecule has 246 valence electrons. The van der Waals surface area contributed by atoms with Crippen LogP contribution in [0.2, 0.25) is 0 Å². The molecule has 1 saturated heterocycles. The van der Waals surface area contributed by atoms with Gasteiger partial charge in [-0.15, -0.1) is 0 Å². The first-order valence-corrected chi connectivity index (χ1v) is 16.2. The Morgan fingerprint density at radius 1 is 0.870 bits per heavy atom. The number of likely N-dealkylation sites (tertiary alicyclic amines) is 1. The predicted octanol–water partition coefficient (Wildman–Crippen LogP) is 5.84. The van der Waals surface area contributed by atoms with Gasteiger partial charge in [-0.2, -0.15) is 0 Å². The lowest BCUT2D eigenvalue weighted by Gasteiger charge is -2.22. The molecule has 3 aromatic rings. The number of anilines is 1. The maximum absolute atomic E-state index is 12.8. The van der Waals surface area contributed by atoms with Gasteiger partial charge in [0.25, 0.3) is 0 Å². The van der Waals surface area contributed by atoms with Gasteiger partial charge in [0.1, 0.15) is 6.10 Å². The molecule has 0 aromatic heterocycles. The monoisotopic (exact) mass is 629 g/mol. The summed E-state index contributed by atoms with van der Waals surface area (Å²) in [5.41, 5.74) is 5.32. The molecule has 2 aliphatic rings. The molecule has 1 N–H and O–H groups in total. The lowest BCUT2D eigenvalue weighted by atomic mass is 10.0. The van der Waals surface area contributed by atoms with Gasteiger partial charge in [-0.3, -0.25) is 15.0 Å². The highest BCUT2D eigenvalue weighted by molar-refractivity contribution is 5.91. The van der Waals surface area contributed by atoms with Crippen molar-refractivity contribution in [1.29, 1.82) is 0 Å². The molecule has 3 atom stereocenters. The van der Waals surface area contributed by atoms with Crippen molar-refractivity contribution in [3.63, 3.8) is 0 Å². The van der Waals surface area contributed by atoms with E-state index >= 15 is 0 Å². The van der Waals surface area contributed by atoms with Crippen LogP contribution in [-0.2, 0) is 36.7 Å². The number of nitrogens with zero attached hydrogens (tertiary/aromatic N) is 2. The van der Waals surface area contributed by atoms with Crippen LogP contribution in [0.15, 0.2) is 78.9 Å². The Labute approximate surface area is 272 Å². The minimum absolute atomic E-state index is 0.00346. The van der Waals surface area contributed by atoms with Crippen molar-refractivity contribution in [2.75, 3.05) is 59.4 Å². The molecule has 1 aliphatic heterocycles. The number of methoxy groups -OCH3 is 2. The topological polar surface area (TPSA) is 89.6 Å². The van der Waals surface area contributed by atoms with Gasteiger partial charge in [0, 0.05) is 46.5 Å². The van der Waals surface area contributed by atoms with E-state index in [0.29, 0.717) is 38.0 Å². The third-order valence-electron chi connectivity index (χ3n) is 9.10. The van der Waals surface area contributed by atoms with Crippen molar-refractivity contribution < 1.29 is 28.5 Å². The normalized spacial score (nSPS) is 19.3. The number of fused-ring (bicyclic) bond motifs is 1. The Hall–Kier alpha value is -3.76. The summed E-state index contributed by atoms with van der Waals surface area (Å²) >= 11 is 0. The molecule has 9 nitrogen and oxygen atoms in total. The van der Waals surface area contributed by atoms with Crippen LogP contribution in [0.5, 0.6) is 0 Å². The largest absolute Gasteiger partial charge is 0.446 e. The third kappa shape index (κ3) is 9.39. The summed E-state index contributed by atoms with van der Waals surface area (Å²) in [6.07, 6.45) is 2.12. The molecule has 5 rings (SSSR count). The minimum atomic E-state index is -0.426. The number of para-hydroxylation sites is 1. The Morgan fingerprint density at radius 2 is 1.52 bits per heavy atom. The van der Waals surface area contributed by atoms with E-state index in [1.54, 1.807) is 26.2 Å². The number of carbonyl (C=O) groups is 2. The quantitative estimate of drug-likeness (QED) is 0.167. The van der Waals surface area contributed by atoms with Gasteiger partial charge in [0.15, 0.2) is 6.29 Å². The number of nitrogens with one attached hydrogen (secondary N) is 1. The minimum Gasteiger partial charge on any atom is -0.446 e. The Balaban J connectivity index is 0.980. The smallest absolute Gasteiger partial charge is 0.411 e. The van der Waals surface area contributed by atoms with Gasteiger partial charge < -0.3 is 23.8 Å². The molecule has 3 aromatic carbocycles. The number of benzene rings is 3. The molecule has 1 heterocycles. The van der Waals surface area contributed by atoms with Crippen molar-refractivity contribution in [3.05, 3.63) is 90.0 Å². The van der Waals surface area contributed by atoms with E-state index in [4.69, 9.17) is 18.9 Å². The van der Waals surface area contributed by atoms with Crippen molar-refractivity contribution in [2.45, 2.75) is 44.6 Å². The molecule has 1 aliphatic carbocycles. The van der Waals surface area contributed by atoms with Crippen LogP contribution < -0.4 is 5.32 Å². The fraction of sp³-hybridized carbons (Fsp3) is 0.459. The van der Waals surface area contributed by atoms with E-state index in [1.165, 1.54) is 11.1 Å². The van der Waals surface area contributed by atoms with E-state index in [1.807, 2.05) is 54.6 Å². The molecule has 0 radical (unpaired) electrons. The van der Waals surface area contributed by atoms with Gasteiger partial charge in [-0.05, 0) is 53.9 Å². The highest BCUT2D eigenvalue weighted by atomic mass is 16.7. The molecular weight excluding hydrogens is 582 g/mol. The predicted molar refractivity (Wildman–Crippen MR) is 178 cm³/mol. The summed E-state index contributed by atoms with van der Waals surface area (Å²) in [5.74, 6) is 1.11. The van der Waals surface area contributed by atoms with E-state index in [0.717, 1.165) is 55.7 Å². The average molecular weight is 630 g/mol. The van der Waals surface area contributed by atoms with E-state index in [9.17, 15) is 9.59 Å². The zero-order chi connectivity index (χ0) is 32.3. The molecule has 1 saturated carbocycles. The second-order valence-electron chi connectivity index (χ2n) is 12.4. The van der Waals surface area contributed by atoms with Crippen molar-refractivity contribution in [2.24, 2.45) is 11.8 Å². The Morgan fingerprint density at radius 3 is 2.22 bits per heavy atom. The van der Waals surface area contributed by atoms with Crippen molar-refractivity contribution >= 4 is 17.7 Å². The molecule has 2 amide bonds. The number of ether oxygens (including phenoxy) is 4. The molecule has 9 heteroatoms. The second kappa shape index (κ2) is 16.7. The van der Waals surface area contributed by atoms with Gasteiger partial charge >= 0.3 is 6.09 Å². The third-order valence-corrected chi connectivity index (χ3v) is 9.10. The Bertz CT molecular complexity index is 1380. The van der Waals surface area contributed by atoms with Crippen molar-refractivity contribution in [3.8, 4) is 11.1 Å². The molecule has 2 fully saturated rings. The number of amides is 2. The number of hydrogen-bond acceptors (Lipinski definition) is 7. The van der Waals surface area contributed by atoms with Crippen LogP contribution in [0.3, 0.4) is 0 Å². The highest BCUT2D eigenvalue weighted by Gasteiger charge is 2.42. The highest BCUT2D eigenvalue weighted by Crippen LogP contribution is 2.40. The van der Waals surface area contributed by atoms with Gasteiger partial charge in [-0.25, -0.2) is 4.79 Å². The maximum atomic E-state index is 12.8. The van der Waals surface area contributed by atoms with Crippen LogP contribution >= 0.6 is 0 Å². The van der Waals surface area contributed by atoms with Crippen LogP contribution in [0.4, 0.5) is 10.5 Å². The second-order valence-corrected chi connectivity index (χ2v) is 12.4. The Kier molecular flexibility index (Phi) is 12.2. The fourth-order valence-electron chi connectivity index (χ4n) is 6.60. The first-order valence-electron chi connectivity index (χ1n) is 16.2. The average Bonchev–Trinajstić information content (AvgIpc) is 3.62. The molecule has 0 bridgehead atoms. The number of likely N-dealkylation sites (N-methyl/N-ethyl adjacent to an activating group) is 1. The van der Waals surface area contributed by atoms with E-state index < -0.39 is 6.29 Å². The van der Waals surface area contributed by atoms with Crippen molar-refractivity contribution in [1.82, 2.24) is 9.80 Å². The summed E-state index contributed by atoms with van der Waals surface area (Å²) < 4.78 is 21.9. The number of rotatable bonds is 15. The summed E-state index contributed by atoms with van der Waals surface area (Å²) in [5, 5.41) is 2.98. The zero-order valence-corrected chi connectivity index (χ0v) is 27.2. The van der Waals surface area contributed by atoms with Crippen LogP contribution in [0, 0.1) is 11.8 Å². The SMILES string of the molecule is COC(CN(C)C(=O)CCOCCc1ccc(CN2C[C@H]3CC(OC(=O)Nc4ccccc4-c4ccccc4)C[C@H]3C2)cc1)OC. The van der Waals surface area contributed by atoms with E-state index in [-0.39, 0.29) is 18.1 Å². The fourth-order valence-corrected chi connectivity index (χ4v) is 6.60. The molecule has 46 heavy (non-hydrogen) atoms. The summed E-state index contributed by atoms with van der Waals surface area (Å²) in [4.78, 5) is 29.2. The first kappa shape index (κ1) is 33.6. The standard InChI is InChI=1S/C37H47N3O6/c1-39(26-36(43-2)44-3)35(41)18-20-45-19-17-27-13-15-28(16-14-27)23-40-24-30-21-32(22-31(30)25-40)46-37(42)38-34-12-8-7-11-33(34)29-9-5-4-6-10-29/h4-16,30-32,36H,17-26H2,1-3H3,(H,38,42)/t30-,31+,32?. The first-order chi connectivity index (χ1) is 22.4. The number of carbonyl (C=O) groups excluding carboxylic acids is 2. The molecule has 1 unspecified atom stereocenters. The maximum Gasteiger partial charge on any atom is 0.411 e. The van der Waals surface area contributed by atoms with Crippen LogP contribution in [0.25, 0.3) is 11.1 Å². The lowest BCUT2D eigenvalue weighted by molar-refractivity contribution is -0.143. The molecule has 0 spiro atoms. The van der Waals surface area contributed by atoms with Gasteiger partial charge in [0.2, 0.25) is 5.91 Å². The van der Waals surface area contributed by atoms with Gasteiger partial charge in [-0.1, -0.05) is 72.8 Å². The van der Waals surface area contributed by atoms with Crippen LogP contribution in [0.1, 0.15) is 30.4 Å². The molecular formula is C37H47N3O6. The summed E-state index contributed by atoms with van der Waals surface area (Å²) in [6, 6.07) is 26.6. The van der Waals surface area contributed by atoms with Gasteiger partial charge in [0.05, 0.1) is 31.9 Å². The van der Waals surface area contributed by atoms with E-state index in [2.05, 4.69) is 34.5 Å².